The highest BCUT2D eigenvalue weighted by molar-refractivity contribution is 7.98. The number of hydrogen-bond donors (Lipinski definition) is 0. The topological polar surface area (TPSA) is 49.3 Å². The van der Waals surface area contributed by atoms with E-state index in [2.05, 4.69) is 14.9 Å². The van der Waals surface area contributed by atoms with Crippen molar-refractivity contribution in [3.8, 4) is 0 Å². The summed E-state index contributed by atoms with van der Waals surface area (Å²) in [5.41, 5.74) is 0.904. The van der Waals surface area contributed by atoms with Gasteiger partial charge in [0.05, 0.1) is 5.92 Å². The van der Waals surface area contributed by atoms with Gasteiger partial charge in [-0.05, 0) is 26.0 Å². The number of piperidine rings is 2. The van der Waals surface area contributed by atoms with E-state index < -0.39 is 5.92 Å². The summed E-state index contributed by atoms with van der Waals surface area (Å²) < 4.78 is 26.6. The molecule has 2 aliphatic heterocycles. The van der Waals surface area contributed by atoms with E-state index >= 15 is 0 Å². The fraction of sp³-hybridized carbons (Fsp3) is 0.706. The van der Waals surface area contributed by atoms with Gasteiger partial charge in [-0.15, -0.1) is 0 Å². The Labute approximate surface area is 151 Å². The van der Waals surface area contributed by atoms with Gasteiger partial charge in [0.15, 0.2) is 5.16 Å². The average molecular weight is 370 g/mol. The number of aromatic nitrogens is 2. The van der Waals surface area contributed by atoms with Crippen molar-refractivity contribution in [1.82, 2.24) is 14.9 Å². The Morgan fingerprint density at radius 1 is 1.28 bits per heavy atom. The van der Waals surface area contributed by atoms with Crippen LogP contribution in [0.2, 0.25) is 0 Å². The molecule has 0 spiro atoms. The molecule has 1 aromatic heterocycles. The Bertz CT molecular complexity index is 633. The Morgan fingerprint density at radius 2 is 2.00 bits per heavy atom. The lowest BCUT2D eigenvalue weighted by atomic mass is 9.95. The summed E-state index contributed by atoms with van der Waals surface area (Å²) in [6.07, 6.45) is 3.20. The minimum atomic E-state index is -2.62. The molecule has 138 valence electrons. The highest BCUT2D eigenvalue weighted by Crippen LogP contribution is 2.30. The summed E-state index contributed by atoms with van der Waals surface area (Å²) in [6, 6.07) is 1.94. The number of anilines is 1. The van der Waals surface area contributed by atoms with E-state index in [1.54, 1.807) is 4.90 Å². The number of hydrogen-bond acceptors (Lipinski definition) is 5. The highest BCUT2D eigenvalue weighted by Gasteiger charge is 2.38. The van der Waals surface area contributed by atoms with Crippen LogP contribution in [0.3, 0.4) is 0 Å². The van der Waals surface area contributed by atoms with Crippen LogP contribution in [0.15, 0.2) is 11.2 Å². The van der Waals surface area contributed by atoms with Crippen molar-refractivity contribution in [3.05, 3.63) is 11.8 Å². The van der Waals surface area contributed by atoms with E-state index in [1.165, 1.54) is 11.8 Å². The summed E-state index contributed by atoms with van der Waals surface area (Å²) in [7, 11) is 0. The third-order valence-electron chi connectivity index (χ3n) is 4.90. The van der Waals surface area contributed by atoms with E-state index in [0.717, 1.165) is 36.1 Å². The fourth-order valence-corrected chi connectivity index (χ4v) is 3.90. The number of aryl methyl sites for hydroxylation is 1. The number of alkyl halides is 2. The number of rotatable bonds is 3. The van der Waals surface area contributed by atoms with E-state index in [4.69, 9.17) is 0 Å². The predicted molar refractivity (Wildman–Crippen MR) is 94.2 cm³/mol. The normalized spacial score (nSPS) is 23.6. The van der Waals surface area contributed by atoms with E-state index in [0.29, 0.717) is 6.54 Å². The summed E-state index contributed by atoms with van der Waals surface area (Å²) in [5.74, 6) is -1.91. The van der Waals surface area contributed by atoms with Crippen LogP contribution in [-0.4, -0.2) is 59.1 Å². The molecule has 0 saturated carbocycles. The lowest BCUT2D eigenvalue weighted by molar-refractivity contribution is -0.141. The molecule has 3 heterocycles. The maximum Gasteiger partial charge on any atom is 0.251 e. The quantitative estimate of drug-likeness (QED) is 0.605. The van der Waals surface area contributed by atoms with Crippen molar-refractivity contribution < 1.29 is 13.6 Å². The summed E-state index contributed by atoms with van der Waals surface area (Å²) >= 11 is 1.50. The number of amides is 1. The number of likely N-dealkylation sites (tertiary alicyclic amines) is 1. The van der Waals surface area contributed by atoms with Crippen LogP contribution in [0, 0.1) is 12.8 Å². The second-order valence-electron chi connectivity index (χ2n) is 6.82. The molecule has 8 heteroatoms. The molecule has 1 atom stereocenters. The van der Waals surface area contributed by atoms with E-state index in [9.17, 15) is 13.6 Å². The molecule has 25 heavy (non-hydrogen) atoms. The van der Waals surface area contributed by atoms with Crippen LogP contribution in [0.1, 0.15) is 31.4 Å². The smallest absolute Gasteiger partial charge is 0.251 e. The molecule has 3 rings (SSSR count). The second kappa shape index (κ2) is 7.43. The van der Waals surface area contributed by atoms with Gasteiger partial charge in [0.2, 0.25) is 5.91 Å². The minimum absolute atomic E-state index is 0.0102. The van der Waals surface area contributed by atoms with Gasteiger partial charge in [-0.2, -0.15) is 0 Å². The van der Waals surface area contributed by atoms with Crippen LogP contribution in [0.4, 0.5) is 14.6 Å². The lowest BCUT2D eigenvalue weighted by Crippen LogP contribution is -2.49. The molecular formula is C17H24F2N4OS. The molecular weight excluding hydrogens is 346 g/mol. The molecule has 0 radical (unpaired) electrons. The van der Waals surface area contributed by atoms with Crippen molar-refractivity contribution in [2.45, 2.75) is 43.7 Å². The number of nitrogens with zero attached hydrogens (tertiary/aromatic N) is 4. The van der Waals surface area contributed by atoms with Crippen LogP contribution < -0.4 is 4.90 Å². The molecule has 2 fully saturated rings. The number of halogens is 2. The summed E-state index contributed by atoms with van der Waals surface area (Å²) in [4.78, 5) is 25.4. The first-order valence-electron chi connectivity index (χ1n) is 8.69. The summed E-state index contributed by atoms with van der Waals surface area (Å²) in [5, 5.41) is 0.724. The van der Waals surface area contributed by atoms with Crippen molar-refractivity contribution >= 4 is 23.5 Å². The van der Waals surface area contributed by atoms with Gasteiger partial charge in [0.25, 0.3) is 5.92 Å². The molecule has 5 nitrogen and oxygen atoms in total. The zero-order valence-electron chi connectivity index (χ0n) is 14.7. The van der Waals surface area contributed by atoms with Crippen LogP contribution >= 0.6 is 11.8 Å². The first kappa shape index (κ1) is 18.4. The number of thioether (sulfide) groups is 1. The van der Waals surface area contributed by atoms with Gasteiger partial charge >= 0.3 is 0 Å². The van der Waals surface area contributed by atoms with Gasteiger partial charge in [-0.1, -0.05) is 11.8 Å². The molecule has 2 aliphatic rings. The van der Waals surface area contributed by atoms with Crippen LogP contribution in [0.25, 0.3) is 0 Å². The van der Waals surface area contributed by atoms with Crippen molar-refractivity contribution in [2.24, 2.45) is 5.92 Å². The third-order valence-corrected chi connectivity index (χ3v) is 5.45. The molecule has 1 aromatic rings. The van der Waals surface area contributed by atoms with Gasteiger partial charge in [0.1, 0.15) is 5.82 Å². The predicted octanol–water partition coefficient (Wildman–Crippen LogP) is 2.98. The highest BCUT2D eigenvalue weighted by atomic mass is 32.2. The third kappa shape index (κ3) is 4.40. The van der Waals surface area contributed by atoms with Crippen molar-refractivity contribution in [3.63, 3.8) is 0 Å². The molecule has 0 bridgehead atoms. The Kier molecular flexibility index (Phi) is 5.46. The molecule has 0 aliphatic carbocycles. The molecule has 2 saturated heterocycles. The maximum absolute atomic E-state index is 13.3. The van der Waals surface area contributed by atoms with Gasteiger partial charge in [-0.25, -0.2) is 18.7 Å². The van der Waals surface area contributed by atoms with Gasteiger partial charge in [0, 0.05) is 50.8 Å². The van der Waals surface area contributed by atoms with Crippen molar-refractivity contribution in [1.29, 1.82) is 0 Å². The summed E-state index contributed by atoms with van der Waals surface area (Å²) in [6.45, 7) is 3.70. The zero-order valence-corrected chi connectivity index (χ0v) is 15.5. The SMILES string of the molecule is CSc1nc(C)cc(N2CCCC(C(=O)N3CCC(F)(F)CC3)C2)n1. The fourth-order valence-electron chi connectivity index (χ4n) is 3.48. The van der Waals surface area contributed by atoms with Crippen LogP contribution in [0.5, 0.6) is 0 Å². The van der Waals surface area contributed by atoms with Crippen LogP contribution in [-0.2, 0) is 4.79 Å². The lowest BCUT2D eigenvalue weighted by Gasteiger charge is -2.38. The monoisotopic (exact) mass is 370 g/mol. The molecule has 1 unspecified atom stereocenters. The van der Waals surface area contributed by atoms with Gasteiger partial charge < -0.3 is 9.80 Å². The average Bonchev–Trinajstić information content (AvgIpc) is 2.60. The molecule has 0 aromatic carbocycles. The van der Waals surface area contributed by atoms with E-state index in [1.807, 2.05) is 19.2 Å². The van der Waals surface area contributed by atoms with Crippen molar-refractivity contribution in [2.75, 3.05) is 37.3 Å². The first-order chi connectivity index (χ1) is 11.9. The zero-order chi connectivity index (χ0) is 18.0. The minimum Gasteiger partial charge on any atom is -0.356 e. The Hall–Kier alpha value is -1.44. The number of carbonyl (C=O) groups is 1. The largest absolute Gasteiger partial charge is 0.356 e. The first-order valence-corrected chi connectivity index (χ1v) is 9.92. The van der Waals surface area contributed by atoms with Gasteiger partial charge in [-0.3, -0.25) is 4.79 Å². The molecule has 1 amide bonds. The standard InChI is InChI=1S/C17H24F2N4OS/c1-12-10-14(21-16(20-12)25-2)23-7-3-4-13(11-23)15(24)22-8-5-17(18,19)6-9-22/h10,13H,3-9,11H2,1-2H3. The second-order valence-corrected chi connectivity index (χ2v) is 7.59. The van der Waals surface area contributed by atoms with E-state index in [-0.39, 0.29) is 37.8 Å². The molecule has 0 N–H and O–H groups in total. The Balaban J connectivity index is 1.67. The number of carbonyl (C=O) groups excluding carboxylic acids is 1. The Morgan fingerprint density at radius 3 is 2.68 bits per heavy atom. The maximum atomic E-state index is 13.3.